The maximum atomic E-state index is 12.3. The van der Waals surface area contributed by atoms with Gasteiger partial charge in [-0.3, -0.25) is 9.20 Å². The van der Waals surface area contributed by atoms with Crippen molar-refractivity contribution in [1.29, 1.82) is 0 Å². The van der Waals surface area contributed by atoms with Gasteiger partial charge in [-0.25, -0.2) is 4.98 Å². The summed E-state index contributed by atoms with van der Waals surface area (Å²) in [6.45, 7) is 2.10. The number of rotatable bonds is 3. The van der Waals surface area contributed by atoms with E-state index in [0.29, 0.717) is 5.69 Å². The first kappa shape index (κ1) is 12.4. The van der Waals surface area contributed by atoms with Crippen LogP contribution in [0.4, 0.5) is 5.69 Å². The lowest BCUT2D eigenvalue weighted by Gasteiger charge is -2.07. The molecule has 1 N–H and O–H groups in total. The Hall–Kier alpha value is -2.62. The van der Waals surface area contributed by atoms with Crippen molar-refractivity contribution < 1.29 is 4.79 Å². The summed E-state index contributed by atoms with van der Waals surface area (Å²) >= 11 is 0. The van der Waals surface area contributed by atoms with Gasteiger partial charge in [0.15, 0.2) is 0 Å². The van der Waals surface area contributed by atoms with Gasteiger partial charge < -0.3 is 5.32 Å². The van der Waals surface area contributed by atoms with Gasteiger partial charge in [0.05, 0.1) is 0 Å². The SMILES string of the molecule is CCc1ccc(NC(=O)c2cccc3nccn23)cc1. The van der Waals surface area contributed by atoms with Crippen LogP contribution in [-0.4, -0.2) is 15.3 Å². The van der Waals surface area contributed by atoms with Crippen LogP contribution in [0.5, 0.6) is 0 Å². The molecule has 0 atom stereocenters. The van der Waals surface area contributed by atoms with Gasteiger partial charge in [-0.2, -0.15) is 0 Å². The Morgan fingerprint density at radius 1 is 1.20 bits per heavy atom. The van der Waals surface area contributed by atoms with Crippen LogP contribution in [0, 0.1) is 0 Å². The zero-order chi connectivity index (χ0) is 13.9. The number of nitrogens with zero attached hydrogens (tertiary/aromatic N) is 2. The monoisotopic (exact) mass is 265 g/mol. The second-order valence-electron chi connectivity index (χ2n) is 4.57. The molecular formula is C16H15N3O. The van der Waals surface area contributed by atoms with E-state index >= 15 is 0 Å². The number of aromatic nitrogens is 2. The molecule has 0 aliphatic carbocycles. The molecule has 20 heavy (non-hydrogen) atoms. The van der Waals surface area contributed by atoms with Crippen molar-refractivity contribution >= 4 is 17.2 Å². The molecule has 0 unspecified atom stereocenters. The maximum Gasteiger partial charge on any atom is 0.272 e. The molecule has 4 nitrogen and oxygen atoms in total. The van der Waals surface area contributed by atoms with Crippen molar-refractivity contribution in [2.75, 3.05) is 5.32 Å². The number of amides is 1. The van der Waals surface area contributed by atoms with Crippen LogP contribution in [0.3, 0.4) is 0 Å². The number of imidazole rings is 1. The molecule has 0 bridgehead atoms. The maximum absolute atomic E-state index is 12.3. The van der Waals surface area contributed by atoms with E-state index in [0.717, 1.165) is 17.8 Å². The average molecular weight is 265 g/mol. The fourth-order valence-corrected chi connectivity index (χ4v) is 2.15. The number of aryl methyl sites for hydroxylation is 1. The molecule has 0 fully saturated rings. The summed E-state index contributed by atoms with van der Waals surface area (Å²) in [6, 6.07) is 13.4. The standard InChI is InChI=1S/C16H15N3O/c1-2-12-6-8-13(9-7-12)18-16(20)14-4-3-5-15-17-10-11-19(14)15/h3-11H,2H2,1H3,(H,18,20). The van der Waals surface area contributed by atoms with Crippen LogP contribution < -0.4 is 5.32 Å². The summed E-state index contributed by atoms with van der Waals surface area (Å²) in [5.41, 5.74) is 3.38. The van der Waals surface area contributed by atoms with Crippen molar-refractivity contribution in [2.24, 2.45) is 0 Å². The van der Waals surface area contributed by atoms with E-state index in [4.69, 9.17) is 0 Å². The molecule has 0 aliphatic rings. The molecule has 3 rings (SSSR count). The highest BCUT2D eigenvalue weighted by atomic mass is 16.1. The molecule has 2 aromatic heterocycles. The number of carbonyl (C=O) groups is 1. The van der Waals surface area contributed by atoms with Crippen LogP contribution in [0.2, 0.25) is 0 Å². The van der Waals surface area contributed by atoms with E-state index in [9.17, 15) is 4.79 Å². The number of pyridine rings is 1. The predicted octanol–water partition coefficient (Wildman–Crippen LogP) is 3.15. The minimum absolute atomic E-state index is 0.141. The van der Waals surface area contributed by atoms with Gasteiger partial charge in [-0.1, -0.05) is 25.1 Å². The summed E-state index contributed by atoms with van der Waals surface area (Å²) in [5.74, 6) is -0.141. The van der Waals surface area contributed by atoms with Gasteiger partial charge in [0, 0.05) is 18.1 Å². The van der Waals surface area contributed by atoms with Crippen LogP contribution >= 0.6 is 0 Å². The van der Waals surface area contributed by atoms with Gasteiger partial charge in [0.2, 0.25) is 0 Å². The highest BCUT2D eigenvalue weighted by Crippen LogP contribution is 2.13. The Morgan fingerprint density at radius 2 is 2.00 bits per heavy atom. The molecule has 1 amide bonds. The van der Waals surface area contributed by atoms with Crippen molar-refractivity contribution in [3.8, 4) is 0 Å². The topological polar surface area (TPSA) is 46.4 Å². The molecule has 100 valence electrons. The number of anilines is 1. The van der Waals surface area contributed by atoms with Gasteiger partial charge in [0.25, 0.3) is 5.91 Å². The zero-order valence-corrected chi connectivity index (χ0v) is 11.2. The minimum Gasteiger partial charge on any atom is -0.321 e. The first-order valence-electron chi connectivity index (χ1n) is 6.60. The highest BCUT2D eigenvalue weighted by Gasteiger charge is 2.10. The van der Waals surface area contributed by atoms with E-state index in [1.807, 2.05) is 36.4 Å². The Bertz CT molecular complexity index is 744. The lowest BCUT2D eigenvalue weighted by molar-refractivity contribution is 0.102. The zero-order valence-electron chi connectivity index (χ0n) is 11.2. The smallest absolute Gasteiger partial charge is 0.272 e. The van der Waals surface area contributed by atoms with Gasteiger partial charge in [0.1, 0.15) is 11.3 Å². The van der Waals surface area contributed by atoms with E-state index in [-0.39, 0.29) is 5.91 Å². The minimum atomic E-state index is -0.141. The van der Waals surface area contributed by atoms with E-state index in [2.05, 4.69) is 17.2 Å². The lowest BCUT2D eigenvalue weighted by atomic mass is 10.1. The number of benzene rings is 1. The Labute approximate surface area is 117 Å². The molecule has 2 heterocycles. The van der Waals surface area contributed by atoms with Gasteiger partial charge in [-0.05, 0) is 36.2 Å². The van der Waals surface area contributed by atoms with E-state index in [1.165, 1.54) is 5.56 Å². The molecule has 4 heteroatoms. The van der Waals surface area contributed by atoms with Crippen LogP contribution in [0.15, 0.2) is 54.9 Å². The third-order valence-corrected chi connectivity index (χ3v) is 3.28. The molecule has 0 saturated carbocycles. The summed E-state index contributed by atoms with van der Waals surface area (Å²) in [4.78, 5) is 16.5. The number of carbonyl (C=O) groups excluding carboxylic acids is 1. The lowest BCUT2D eigenvalue weighted by Crippen LogP contribution is -2.15. The first-order valence-corrected chi connectivity index (χ1v) is 6.60. The average Bonchev–Trinajstić information content (AvgIpc) is 2.96. The number of fused-ring (bicyclic) bond motifs is 1. The molecule has 1 aromatic carbocycles. The van der Waals surface area contributed by atoms with Crippen LogP contribution in [-0.2, 0) is 6.42 Å². The van der Waals surface area contributed by atoms with Crippen LogP contribution in [0.25, 0.3) is 5.65 Å². The summed E-state index contributed by atoms with van der Waals surface area (Å²) in [6.07, 6.45) is 4.45. The molecule has 3 aromatic rings. The Morgan fingerprint density at radius 3 is 2.75 bits per heavy atom. The van der Waals surface area contributed by atoms with Gasteiger partial charge >= 0.3 is 0 Å². The molecule has 0 spiro atoms. The highest BCUT2D eigenvalue weighted by molar-refractivity contribution is 6.03. The summed E-state index contributed by atoms with van der Waals surface area (Å²) in [5, 5.41) is 2.90. The van der Waals surface area contributed by atoms with E-state index < -0.39 is 0 Å². The second kappa shape index (κ2) is 5.17. The summed E-state index contributed by atoms with van der Waals surface area (Å²) in [7, 11) is 0. The first-order chi connectivity index (χ1) is 9.78. The van der Waals surface area contributed by atoms with Crippen LogP contribution in [0.1, 0.15) is 23.0 Å². The van der Waals surface area contributed by atoms with Crippen molar-refractivity contribution in [3.05, 3.63) is 66.1 Å². The number of nitrogens with one attached hydrogen (secondary N) is 1. The van der Waals surface area contributed by atoms with Crippen molar-refractivity contribution in [2.45, 2.75) is 13.3 Å². The molecule has 0 aliphatic heterocycles. The number of hydrogen-bond donors (Lipinski definition) is 1. The molecule has 0 radical (unpaired) electrons. The van der Waals surface area contributed by atoms with Crippen molar-refractivity contribution in [3.63, 3.8) is 0 Å². The van der Waals surface area contributed by atoms with Crippen molar-refractivity contribution in [1.82, 2.24) is 9.38 Å². The number of hydrogen-bond acceptors (Lipinski definition) is 2. The van der Waals surface area contributed by atoms with E-state index in [1.54, 1.807) is 22.9 Å². The molecule has 0 saturated heterocycles. The quantitative estimate of drug-likeness (QED) is 0.790. The third kappa shape index (κ3) is 2.28. The Balaban J connectivity index is 1.87. The third-order valence-electron chi connectivity index (χ3n) is 3.28. The fourth-order valence-electron chi connectivity index (χ4n) is 2.15. The molecular weight excluding hydrogens is 250 g/mol. The normalized spacial score (nSPS) is 10.7. The second-order valence-corrected chi connectivity index (χ2v) is 4.57. The van der Waals surface area contributed by atoms with Gasteiger partial charge in [-0.15, -0.1) is 0 Å². The fraction of sp³-hybridized carbons (Fsp3) is 0.125. The summed E-state index contributed by atoms with van der Waals surface area (Å²) < 4.78 is 1.77. The largest absolute Gasteiger partial charge is 0.321 e. The Kier molecular flexibility index (Phi) is 3.21. The predicted molar refractivity (Wildman–Crippen MR) is 79.0 cm³/mol.